The number of hydrogen-bond donors (Lipinski definition) is 0. The molecule has 0 bridgehead atoms. The van der Waals surface area contributed by atoms with Gasteiger partial charge in [0, 0.05) is 11.3 Å². The number of carbonyl (C=O) groups excluding carboxylic acids is 1. The predicted molar refractivity (Wildman–Crippen MR) is 57.6 cm³/mol. The molecule has 1 rings (SSSR count). The van der Waals surface area contributed by atoms with Crippen molar-refractivity contribution in [2.45, 2.75) is 39.5 Å². The highest BCUT2D eigenvalue weighted by atomic mass is 32.1. The standard InChI is InChI=1S/C11H16OS/c1-3-5-9-7-8-11(13-9)10(12)6-4-2/h7-8H,3-6H2,1-2H3. The molecule has 1 nitrogen and oxygen atoms in total. The van der Waals surface area contributed by atoms with Crippen LogP contribution in [0.15, 0.2) is 12.1 Å². The van der Waals surface area contributed by atoms with E-state index in [0.717, 1.165) is 24.1 Å². The average Bonchev–Trinajstić information content (AvgIpc) is 2.54. The molecule has 0 amide bonds. The van der Waals surface area contributed by atoms with Crippen molar-refractivity contribution in [1.82, 2.24) is 0 Å². The number of thiophene rings is 1. The fraction of sp³-hybridized carbons (Fsp3) is 0.545. The Hall–Kier alpha value is -0.630. The van der Waals surface area contributed by atoms with Crippen LogP contribution in [0.1, 0.15) is 47.7 Å². The minimum absolute atomic E-state index is 0.301. The lowest BCUT2D eigenvalue weighted by Gasteiger charge is -1.92. The lowest BCUT2D eigenvalue weighted by molar-refractivity contribution is 0.0985. The van der Waals surface area contributed by atoms with E-state index in [2.05, 4.69) is 13.0 Å². The third-order valence-corrected chi connectivity index (χ3v) is 3.10. The van der Waals surface area contributed by atoms with Crippen LogP contribution in [-0.2, 0) is 6.42 Å². The van der Waals surface area contributed by atoms with Gasteiger partial charge < -0.3 is 0 Å². The second kappa shape index (κ2) is 5.18. The summed E-state index contributed by atoms with van der Waals surface area (Å²) in [7, 11) is 0. The van der Waals surface area contributed by atoms with Crippen molar-refractivity contribution in [2.24, 2.45) is 0 Å². The summed E-state index contributed by atoms with van der Waals surface area (Å²) in [6, 6.07) is 4.05. The Morgan fingerprint density at radius 1 is 1.31 bits per heavy atom. The van der Waals surface area contributed by atoms with Crippen molar-refractivity contribution < 1.29 is 4.79 Å². The van der Waals surface area contributed by atoms with Gasteiger partial charge in [0.1, 0.15) is 0 Å². The molecule has 0 aromatic carbocycles. The Bertz CT molecular complexity index is 275. The van der Waals surface area contributed by atoms with E-state index in [4.69, 9.17) is 0 Å². The van der Waals surface area contributed by atoms with Crippen LogP contribution < -0.4 is 0 Å². The van der Waals surface area contributed by atoms with Crippen LogP contribution in [-0.4, -0.2) is 5.78 Å². The minimum Gasteiger partial charge on any atom is -0.293 e. The maximum absolute atomic E-state index is 11.5. The number of ketones is 1. The first-order valence-corrected chi connectivity index (χ1v) is 5.71. The molecule has 0 unspecified atom stereocenters. The fourth-order valence-electron chi connectivity index (χ4n) is 1.26. The summed E-state index contributed by atoms with van der Waals surface area (Å²) < 4.78 is 0. The van der Waals surface area contributed by atoms with Gasteiger partial charge in [-0.3, -0.25) is 4.79 Å². The number of hydrogen-bond acceptors (Lipinski definition) is 2. The molecule has 0 aliphatic heterocycles. The first-order chi connectivity index (χ1) is 6.27. The third-order valence-electron chi connectivity index (χ3n) is 1.91. The number of aryl methyl sites for hydroxylation is 1. The molecule has 0 aliphatic rings. The Labute approximate surface area is 83.8 Å². The topological polar surface area (TPSA) is 17.1 Å². The SMILES string of the molecule is CCCC(=O)c1ccc(CCC)s1. The third kappa shape index (κ3) is 2.96. The first-order valence-electron chi connectivity index (χ1n) is 4.89. The van der Waals surface area contributed by atoms with Crippen LogP contribution >= 0.6 is 11.3 Å². The molecule has 0 atom stereocenters. The van der Waals surface area contributed by atoms with E-state index in [1.54, 1.807) is 11.3 Å². The fourth-order valence-corrected chi connectivity index (χ4v) is 2.34. The van der Waals surface area contributed by atoms with Crippen LogP contribution in [0.3, 0.4) is 0 Å². The van der Waals surface area contributed by atoms with Gasteiger partial charge in [-0.15, -0.1) is 11.3 Å². The van der Waals surface area contributed by atoms with Crippen LogP contribution in [0.2, 0.25) is 0 Å². The highest BCUT2D eigenvalue weighted by Gasteiger charge is 2.07. The predicted octanol–water partition coefficient (Wildman–Crippen LogP) is 3.68. The van der Waals surface area contributed by atoms with E-state index in [-0.39, 0.29) is 0 Å². The largest absolute Gasteiger partial charge is 0.293 e. The summed E-state index contributed by atoms with van der Waals surface area (Å²) in [6.45, 7) is 4.20. The van der Waals surface area contributed by atoms with Gasteiger partial charge in [-0.2, -0.15) is 0 Å². The summed E-state index contributed by atoms with van der Waals surface area (Å²) >= 11 is 1.66. The molecule has 72 valence electrons. The van der Waals surface area contributed by atoms with Crippen LogP contribution in [0.25, 0.3) is 0 Å². The van der Waals surface area contributed by atoms with Crippen molar-refractivity contribution in [3.63, 3.8) is 0 Å². The molecular weight excluding hydrogens is 180 g/mol. The molecule has 0 spiro atoms. The Balaban J connectivity index is 2.62. The van der Waals surface area contributed by atoms with Gasteiger partial charge in [-0.1, -0.05) is 20.3 Å². The zero-order chi connectivity index (χ0) is 9.68. The number of Topliss-reactive ketones (excluding diaryl/α,β-unsaturated/α-hetero) is 1. The lowest BCUT2D eigenvalue weighted by Crippen LogP contribution is -1.93. The van der Waals surface area contributed by atoms with Crippen molar-refractivity contribution >= 4 is 17.1 Å². The number of carbonyl (C=O) groups is 1. The summed E-state index contributed by atoms with van der Waals surface area (Å²) in [5.41, 5.74) is 0. The van der Waals surface area contributed by atoms with Gasteiger partial charge in [0.15, 0.2) is 5.78 Å². The van der Waals surface area contributed by atoms with Crippen molar-refractivity contribution in [3.05, 3.63) is 21.9 Å². The molecule has 13 heavy (non-hydrogen) atoms. The summed E-state index contributed by atoms with van der Waals surface area (Å²) in [6.07, 6.45) is 3.89. The Morgan fingerprint density at radius 3 is 2.69 bits per heavy atom. The van der Waals surface area contributed by atoms with E-state index < -0.39 is 0 Å². The second-order valence-corrected chi connectivity index (χ2v) is 4.36. The van der Waals surface area contributed by atoms with Crippen LogP contribution in [0, 0.1) is 0 Å². The zero-order valence-electron chi connectivity index (χ0n) is 8.30. The Morgan fingerprint density at radius 2 is 2.08 bits per heavy atom. The van der Waals surface area contributed by atoms with Crippen molar-refractivity contribution in [1.29, 1.82) is 0 Å². The number of rotatable bonds is 5. The molecule has 0 saturated carbocycles. The summed E-state index contributed by atoms with van der Waals surface area (Å²) in [4.78, 5) is 13.7. The zero-order valence-corrected chi connectivity index (χ0v) is 9.12. The quantitative estimate of drug-likeness (QED) is 0.656. The Kier molecular flexibility index (Phi) is 4.16. The molecule has 2 heteroatoms. The molecule has 1 aromatic heterocycles. The lowest BCUT2D eigenvalue weighted by atomic mass is 10.2. The van der Waals surface area contributed by atoms with E-state index in [1.807, 2.05) is 13.0 Å². The van der Waals surface area contributed by atoms with E-state index in [0.29, 0.717) is 12.2 Å². The highest BCUT2D eigenvalue weighted by Crippen LogP contribution is 2.19. The van der Waals surface area contributed by atoms with E-state index in [1.165, 1.54) is 4.88 Å². The van der Waals surface area contributed by atoms with Crippen LogP contribution in [0.4, 0.5) is 0 Å². The molecule has 0 aliphatic carbocycles. The van der Waals surface area contributed by atoms with Gasteiger partial charge >= 0.3 is 0 Å². The van der Waals surface area contributed by atoms with Gasteiger partial charge in [0.2, 0.25) is 0 Å². The highest BCUT2D eigenvalue weighted by molar-refractivity contribution is 7.14. The van der Waals surface area contributed by atoms with Gasteiger partial charge in [0.05, 0.1) is 4.88 Å². The maximum atomic E-state index is 11.5. The molecule has 1 heterocycles. The van der Waals surface area contributed by atoms with Gasteiger partial charge in [0.25, 0.3) is 0 Å². The van der Waals surface area contributed by atoms with E-state index >= 15 is 0 Å². The van der Waals surface area contributed by atoms with E-state index in [9.17, 15) is 4.79 Å². The summed E-state index contributed by atoms with van der Waals surface area (Å²) in [5.74, 6) is 0.301. The maximum Gasteiger partial charge on any atom is 0.172 e. The second-order valence-electron chi connectivity index (χ2n) is 3.19. The molecule has 0 fully saturated rings. The molecule has 1 aromatic rings. The molecule has 0 N–H and O–H groups in total. The van der Waals surface area contributed by atoms with Crippen molar-refractivity contribution in [3.8, 4) is 0 Å². The first kappa shape index (κ1) is 10.5. The van der Waals surface area contributed by atoms with Crippen molar-refractivity contribution in [2.75, 3.05) is 0 Å². The smallest absolute Gasteiger partial charge is 0.172 e. The molecule has 0 radical (unpaired) electrons. The molecular formula is C11H16OS. The summed E-state index contributed by atoms with van der Waals surface area (Å²) in [5, 5.41) is 0. The van der Waals surface area contributed by atoms with Gasteiger partial charge in [-0.25, -0.2) is 0 Å². The monoisotopic (exact) mass is 196 g/mol. The minimum atomic E-state index is 0.301. The van der Waals surface area contributed by atoms with Gasteiger partial charge in [-0.05, 0) is 25.0 Å². The normalized spacial score (nSPS) is 10.3. The molecule has 0 saturated heterocycles. The average molecular weight is 196 g/mol. The van der Waals surface area contributed by atoms with Crippen LogP contribution in [0.5, 0.6) is 0 Å².